The van der Waals surface area contributed by atoms with E-state index in [4.69, 9.17) is 10.2 Å². The van der Waals surface area contributed by atoms with Crippen molar-refractivity contribution in [2.45, 2.75) is 24.5 Å². The Bertz CT molecular complexity index is 231. The van der Waals surface area contributed by atoms with Gasteiger partial charge in [0.2, 0.25) is 0 Å². The minimum Gasteiger partial charge on any atom is -0.479 e. The lowest BCUT2D eigenvalue weighted by Gasteiger charge is -2.26. The second-order valence-electron chi connectivity index (χ2n) is 2.74. The topological polar surface area (TPSA) is 77.8 Å². The van der Waals surface area contributed by atoms with Crippen LogP contribution in [0.5, 0.6) is 0 Å². The van der Waals surface area contributed by atoms with Gasteiger partial charge >= 0.3 is 5.97 Å². The molecule has 0 amide bonds. The summed E-state index contributed by atoms with van der Waals surface area (Å²) < 4.78 is 0. The van der Waals surface area contributed by atoms with E-state index in [0.717, 1.165) is 0 Å². The fourth-order valence-corrected chi connectivity index (χ4v) is 1.09. The minimum atomic E-state index is -1.77. The molecule has 72 valence electrons. The van der Waals surface area contributed by atoms with Gasteiger partial charge in [0, 0.05) is 12.8 Å². The third-order valence-electron chi connectivity index (χ3n) is 1.76. The maximum Gasteiger partial charge on any atom is 0.336 e. The number of hydrogen-bond donors (Lipinski definition) is 3. The largest absolute Gasteiger partial charge is 0.479 e. The van der Waals surface area contributed by atoms with Crippen molar-refractivity contribution in [3.8, 4) is 12.8 Å². The SMILES string of the molecule is C#C.O=C(O)C1(O)CC=CC(O)C1. The van der Waals surface area contributed by atoms with Crippen LogP contribution in [0.15, 0.2) is 12.2 Å². The van der Waals surface area contributed by atoms with Crippen LogP contribution in [0.3, 0.4) is 0 Å². The molecule has 1 rings (SSSR count). The van der Waals surface area contributed by atoms with E-state index in [2.05, 4.69) is 12.8 Å². The molecular weight excluding hydrogens is 172 g/mol. The Hall–Kier alpha value is -1.31. The lowest BCUT2D eigenvalue weighted by Crippen LogP contribution is -2.42. The molecule has 2 atom stereocenters. The van der Waals surface area contributed by atoms with Crippen LogP contribution in [0.1, 0.15) is 12.8 Å². The normalized spacial score (nSPS) is 31.5. The summed E-state index contributed by atoms with van der Waals surface area (Å²) in [4.78, 5) is 10.4. The number of carboxylic acids is 1. The number of carbonyl (C=O) groups is 1. The molecule has 0 aromatic carbocycles. The molecule has 0 bridgehead atoms. The first-order valence-electron chi connectivity index (χ1n) is 3.68. The van der Waals surface area contributed by atoms with Crippen LogP contribution >= 0.6 is 0 Å². The van der Waals surface area contributed by atoms with Crippen LogP contribution in [-0.4, -0.2) is 33.0 Å². The Balaban J connectivity index is 0.000000671. The predicted octanol–water partition coefficient (Wildman–Crippen LogP) is -0.238. The Labute approximate surface area is 76.5 Å². The molecule has 0 aliphatic heterocycles. The van der Waals surface area contributed by atoms with Crippen molar-refractivity contribution in [1.82, 2.24) is 0 Å². The molecule has 4 nitrogen and oxygen atoms in total. The molecule has 2 unspecified atom stereocenters. The fourth-order valence-electron chi connectivity index (χ4n) is 1.09. The maximum atomic E-state index is 10.4. The zero-order valence-corrected chi connectivity index (χ0v) is 7.05. The lowest BCUT2D eigenvalue weighted by molar-refractivity contribution is -0.161. The summed E-state index contributed by atoms with van der Waals surface area (Å²) in [6.45, 7) is 0. The molecule has 0 saturated heterocycles. The Morgan fingerprint density at radius 1 is 1.54 bits per heavy atom. The van der Waals surface area contributed by atoms with Crippen molar-refractivity contribution in [3.05, 3.63) is 12.2 Å². The van der Waals surface area contributed by atoms with Crippen molar-refractivity contribution < 1.29 is 20.1 Å². The average molecular weight is 184 g/mol. The standard InChI is InChI=1S/C7H10O4.C2H2/c8-5-2-1-3-7(11,4-5)6(9)10;1-2/h1-2,5,8,11H,3-4H2,(H,9,10);1-2H. The number of carboxylic acid groups (broad SMARTS) is 1. The van der Waals surface area contributed by atoms with Crippen LogP contribution in [0.4, 0.5) is 0 Å². The van der Waals surface area contributed by atoms with E-state index in [1.54, 1.807) is 0 Å². The highest BCUT2D eigenvalue weighted by molar-refractivity contribution is 5.77. The van der Waals surface area contributed by atoms with Gasteiger partial charge in [-0.3, -0.25) is 0 Å². The number of hydrogen-bond acceptors (Lipinski definition) is 3. The van der Waals surface area contributed by atoms with Gasteiger partial charge in [-0.05, 0) is 0 Å². The van der Waals surface area contributed by atoms with Crippen LogP contribution < -0.4 is 0 Å². The summed E-state index contributed by atoms with van der Waals surface area (Å²) in [5.74, 6) is -1.28. The fraction of sp³-hybridized carbons (Fsp3) is 0.444. The first-order chi connectivity index (χ1) is 6.04. The van der Waals surface area contributed by atoms with E-state index in [-0.39, 0.29) is 12.8 Å². The number of terminal acetylenes is 1. The summed E-state index contributed by atoms with van der Waals surface area (Å²) in [5.41, 5.74) is -1.77. The van der Waals surface area contributed by atoms with Crippen molar-refractivity contribution in [3.63, 3.8) is 0 Å². The molecule has 0 radical (unpaired) electrons. The molecule has 0 aromatic rings. The van der Waals surface area contributed by atoms with Gasteiger partial charge in [0.25, 0.3) is 0 Å². The highest BCUT2D eigenvalue weighted by Gasteiger charge is 2.38. The second-order valence-corrected chi connectivity index (χ2v) is 2.74. The third kappa shape index (κ3) is 2.90. The Morgan fingerprint density at radius 3 is 2.38 bits per heavy atom. The first kappa shape index (κ1) is 11.7. The first-order valence-corrected chi connectivity index (χ1v) is 3.68. The van der Waals surface area contributed by atoms with Crippen LogP contribution in [0.2, 0.25) is 0 Å². The van der Waals surface area contributed by atoms with E-state index < -0.39 is 17.7 Å². The zero-order valence-electron chi connectivity index (χ0n) is 7.05. The molecule has 0 saturated carbocycles. The van der Waals surface area contributed by atoms with Crippen molar-refractivity contribution in [2.24, 2.45) is 0 Å². The van der Waals surface area contributed by atoms with Crippen molar-refractivity contribution in [1.29, 1.82) is 0 Å². The van der Waals surface area contributed by atoms with Gasteiger partial charge in [-0.15, -0.1) is 12.8 Å². The van der Waals surface area contributed by atoms with Crippen LogP contribution in [0, 0.1) is 12.8 Å². The maximum absolute atomic E-state index is 10.4. The summed E-state index contributed by atoms with van der Waals surface area (Å²) >= 11 is 0. The highest BCUT2D eigenvalue weighted by atomic mass is 16.4. The van der Waals surface area contributed by atoms with E-state index in [0.29, 0.717) is 0 Å². The molecule has 0 fully saturated rings. The summed E-state index contributed by atoms with van der Waals surface area (Å²) in [6.07, 6.45) is 10.1. The minimum absolute atomic E-state index is 0.0688. The smallest absolute Gasteiger partial charge is 0.336 e. The Kier molecular flexibility index (Phi) is 4.18. The molecule has 13 heavy (non-hydrogen) atoms. The summed E-state index contributed by atoms with van der Waals surface area (Å²) in [6, 6.07) is 0. The molecule has 3 N–H and O–H groups in total. The van der Waals surface area contributed by atoms with Gasteiger partial charge < -0.3 is 15.3 Å². The van der Waals surface area contributed by atoms with Gasteiger partial charge in [-0.2, -0.15) is 0 Å². The molecule has 1 aliphatic carbocycles. The van der Waals surface area contributed by atoms with Gasteiger partial charge in [0.1, 0.15) is 0 Å². The van der Waals surface area contributed by atoms with Crippen LogP contribution in [-0.2, 0) is 4.79 Å². The van der Waals surface area contributed by atoms with Gasteiger partial charge in [0.05, 0.1) is 6.10 Å². The molecule has 4 heteroatoms. The van der Waals surface area contributed by atoms with E-state index in [1.807, 2.05) is 0 Å². The van der Waals surface area contributed by atoms with E-state index in [9.17, 15) is 9.90 Å². The molecule has 0 aromatic heterocycles. The van der Waals surface area contributed by atoms with Gasteiger partial charge in [0.15, 0.2) is 5.60 Å². The van der Waals surface area contributed by atoms with Gasteiger partial charge in [-0.25, -0.2) is 4.79 Å². The zero-order chi connectivity index (χ0) is 10.5. The number of aliphatic hydroxyl groups excluding tert-OH is 1. The second kappa shape index (κ2) is 4.65. The summed E-state index contributed by atoms with van der Waals surface area (Å²) in [5, 5.41) is 26.8. The van der Waals surface area contributed by atoms with E-state index in [1.165, 1.54) is 12.2 Å². The molecular formula is C9H12O4. The molecule has 1 aliphatic rings. The lowest BCUT2D eigenvalue weighted by atomic mass is 9.88. The molecule has 0 heterocycles. The Morgan fingerprint density at radius 2 is 2.08 bits per heavy atom. The predicted molar refractivity (Wildman–Crippen MR) is 46.9 cm³/mol. The average Bonchev–Trinajstić information content (AvgIpc) is 2.07. The van der Waals surface area contributed by atoms with Crippen LogP contribution in [0.25, 0.3) is 0 Å². The van der Waals surface area contributed by atoms with E-state index >= 15 is 0 Å². The van der Waals surface area contributed by atoms with Crippen molar-refractivity contribution in [2.75, 3.05) is 0 Å². The molecule has 0 spiro atoms. The summed E-state index contributed by atoms with van der Waals surface area (Å²) in [7, 11) is 0. The van der Waals surface area contributed by atoms with Gasteiger partial charge in [-0.1, -0.05) is 12.2 Å². The highest BCUT2D eigenvalue weighted by Crippen LogP contribution is 2.23. The third-order valence-corrected chi connectivity index (χ3v) is 1.76. The quantitative estimate of drug-likeness (QED) is 0.388. The monoisotopic (exact) mass is 184 g/mol. The number of aliphatic hydroxyl groups is 2. The number of aliphatic carboxylic acids is 1. The number of rotatable bonds is 1. The van der Waals surface area contributed by atoms with Crippen molar-refractivity contribution >= 4 is 5.97 Å².